The summed E-state index contributed by atoms with van der Waals surface area (Å²) in [6.07, 6.45) is -3.20. The first-order chi connectivity index (χ1) is 14.6. The van der Waals surface area contributed by atoms with Crippen LogP contribution in [0.15, 0.2) is 42.5 Å². The summed E-state index contributed by atoms with van der Waals surface area (Å²) in [6, 6.07) is 8.63. The molecule has 31 heavy (non-hydrogen) atoms. The molecule has 5 nitrogen and oxygen atoms in total. The monoisotopic (exact) mass is 471 g/mol. The van der Waals surface area contributed by atoms with Gasteiger partial charge in [-0.15, -0.1) is 0 Å². The Kier molecular flexibility index (Phi) is 5.57. The van der Waals surface area contributed by atoms with Gasteiger partial charge < -0.3 is 5.32 Å². The number of hydrogen-bond acceptors (Lipinski definition) is 3. The van der Waals surface area contributed by atoms with Gasteiger partial charge in [-0.05, 0) is 55.3 Å². The molecule has 1 unspecified atom stereocenters. The van der Waals surface area contributed by atoms with Crippen LogP contribution >= 0.6 is 23.2 Å². The number of hydrogen-bond donors (Lipinski definition) is 2. The predicted molar refractivity (Wildman–Crippen MR) is 113 cm³/mol. The Balaban J connectivity index is 1.72. The molecule has 2 amide bonds. The number of carbonyl (C=O) groups is 1. The second-order valence-electron chi connectivity index (χ2n) is 7.23. The Morgan fingerprint density at radius 1 is 1.23 bits per heavy atom. The number of anilines is 1. The molecule has 2 aromatic carbocycles. The Hall–Kier alpha value is -2.42. The fraction of sp³-hybridized carbons (Fsp3) is 0.286. The molecular formula is C21H18Cl2F3N3O2. The number of urea groups is 1. The number of alkyl halides is 3. The Morgan fingerprint density at radius 3 is 2.58 bits per heavy atom. The van der Waals surface area contributed by atoms with E-state index in [9.17, 15) is 18.0 Å². The summed E-state index contributed by atoms with van der Waals surface area (Å²) in [7, 11) is 0. The number of benzene rings is 2. The van der Waals surface area contributed by atoms with Crippen molar-refractivity contribution >= 4 is 40.6 Å². The Labute approximate surface area is 186 Å². The van der Waals surface area contributed by atoms with E-state index in [1.165, 1.54) is 18.2 Å². The molecular weight excluding hydrogens is 454 g/mol. The molecule has 0 fully saturated rings. The molecule has 0 aromatic heterocycles. The third kappa shape index (κ3) is 3.84. The maximum atomic E-state index is 14.1. The number of rotatable bonds is 3. The molecule has 0 aliphatic carbocycles. The zero-order chi connectivity index (χ0) is 22.4. The van der Waals surface area contributed by atoms with Crippen molar-refractivity contribution < 1.29 is 22.8 Å². The van der Waals surface area contributed by atoms with E-state index in [0.29, 0.717) is 25.1 Å². The number of hydroxylamine groups is 1. The van der Waals surface area contributed by atoms with Crippen LogP contribution in [0, 0.1) is 0 Å². The van der Waals surface area contributed by atoms with Crippen molar-refractivity contribution in [3.05, 3.63) is 69.2 Å². The highest BCUT2D eigenvalue weighted by atomic mass is 35.5. The third-order valence-electron chi connectivity index (χ3n) is 5.24. The highest BCUT2D eigenvalue weighted by Crippen LogP contribution is 2.48. The SMILES string of the molecule is CCNC(=O)N1CCc2cc(C3=CC(c4cc(Cl)cc(Cl)c4)(C(F)(F)F)ON3)ccc21. The lowest BCUT2D eigenvalue weighted by atomic mass is 9.91. The molecule has 2 aliphatic heterocycles. The van der Waals surface area contributed by atoms with Gasteiger partial charge in [-0.2, -0.15) is 13.2 Å². The first kappa shape index (κ1) is 21.8. The molecule has 2 N–H and O–H groups in total. The van der Waals surface area contributed by atoms with Gasteiger partial charge in [0, 0.05) is 39.9 Å². The van der Waals surface area contributed by atoms with Crippen molar-refractivity contribution in [3.63, 3.8) is 0 Å². The van der Waals surface area contributed by atoms with E-state index in [1.807, 2.05) is 6.92 Å². The van der Waals surface area contributed by atoms with E-state index in [-0.39, 0.29) is 27.3 Å². The van der Waals surface area contributed by atoms with Gasteiger partial charge in [0.2, 0.25) is 5.60 Å². The van der Waals surface area contributed by atoms with Crippen LogP contribution in [0.5, 0.6) is 0 Å². The maximum Gasteiger partial charge on any atom is 0.428 e. The minimum Gasteiger partial charge on any atom is -0.338 e. The number of nitrogens with one attached hydrogen (secondary N) is 2. The topological polar surface area (TPSA) is 53.6 Å². The lowest BCUT2D eigenvalue weighted by Crippen LogP contribution is -2.42. The van der Waals surface area contributed by atoms with Crippen LogP contribution in [0.2, 0.25) is 10.0 Å². The second-order valence-corrected chi connectivity index (χ2v) is 8.11. The average Bonchev–Trinajstić information content (AvgIpc) is 3.32. The van der Waals surface area contributed by atoms with Crippen molar-refractivity contribution in [2.24, 2.45) is 0 Å². The predicted octanol–water partition coefficient (Wildman–Crippen LogP) is 5.42. The molecule has 0 spiro atoms. The molecule has 4 rings (SSSR count). The molecule has 2 aromatic rings. The largest absolute Gasteiger partial charge is 0.428 e. The van der Waals surface area contributed by atoms with Crippen LogP contribution in [-0.4, -0.2) is 25.3 Å². The lowest BCUT2D eigenvalue weighted by Gasteiger charge is -2.28. The van der Waals surface area contributed by atoms with Crippen LogP contribution in [-0.2, 0) is 16.9 Å². The van der Waals surface area contributed by atoms with Crippen LogP contribution in [0.4, 0.5) is 23.7 Å². The van der Waals surface area contributed by atoms with Gasteiger partial charge in [-0.3, -0.25) is 15.2 Å². The normalized spacial score (nSPS) is 20.3. The molecule has 1 atom stereocenters. The van der Waals surface area contributed by atoms with Crippen molar-refractivity contribution in [3.8, 4) is 0 Å². The summed E-state index contributed by atoms with van der Waals surface area (Å²) in [4.78, 5) is 18.9. The van der Waals surface area contributed by atoms with Crippen molar-refractivity contribution in [2.75, 3.05) is 18.0 Å². The first-order valence-corrected chi connectivity index (χ1v) is 10.3. The number of fused-ring (bicyclic) bond motifs is 1. The van der Waals surface area contributed by atoms with Gasteiger partial charge in [0.15, 0.2) is 0 Å². The molecule has 0 saturated carbocycles. The highest BCUT2D eigenvalue weighted by molar-refractivity contribution is 6.34. The van der Waals surface area contributed by atoms with Crippen LogP contribution in [0.1, 0.15) is 23.6 Å². The van der Waals surface area contributed by atoms with Gasteiger partial charge in [0.05, 0.1) is 5.70 Å². The molecule has 2 heterocycles. The fourth-order valence-corrected chi connectivity index (χ4v) is 4.31. The van der Waals surface area contributed by atoms with Crippen LogP contribution in [0.3, 0.4) is 0 Å². The van der Waals surface area contributed by atoms with Gasteiger partial charge >= 0.3 is 12.2 Å². The summed E-state index contributed by atoms with van der Waals surface area (Å²) in [5, 5.41) is 2.89. The average molecular weight is 472 g/mol. The Morgan fingerprint density at radius 2 is 1.94 bits per heavy atom. The molecule has 0 bridgehead atoms. The summed E-state index contributed by atoms with van der Waals surface area (Å²) >= 11 is 11.9. The summed E-state index contributed by atoms with van der Waals surface area (Å²) in [5.41, 5.74) is 1.70. The van der Waals surface area contributed by atoms with Gasteiger partial charge in [0.1, 0.15) is 0 Å². The summed E-state index contributed by atoms with van der Waals surface area (Å²) in [6.45, 7) is 2.83. The van der Waals surface area contributed by atoms with Gasteiger partial charge in [-0.1, -0.05) is 29.3 Å². The molecule has 164 valence electrons. The fourth-order valence-electron chi connectivity index (χ4n) is 3.78. The van der Waals surface area contributed by atoms with E-state index < -0.39 is 11.8 Å². The molecule has 0 saturated heterocycles. The van der Waals surface area contributed by atoms with Crippen LogP contribution in [0.25, 0.3) is 5.70 Å². The standard InChI is InChI=1S/C21H18Cl2F3N3O2/c1-2-27-19(30)29-6-5-13-7-12(3-4-18(13)29)17-11-20(31-28-17,21(24,25)26)14-8-15(22)10-16(23)9-14/h3-4,7-11,28H,2,5-6H2,1H3,(H,27,30). The minimum atomic E-state index is -4.78. The van der Waals surface area contributed by atoms with Crippen molar-refractivity contribution in [1.82, 2.24) is 10.8 Å². The van der Waals surface area contributed by atoms with E-state index in [4.69, 9.17) is 28.0 Å². The smallest absolute Gasteiger partial charge is 0.338 e. The maximum absolute atomic E-state index is 14.1. The summed E-state index contributed by atoms with van der Waals surface area (Å²) in [5.74, 6) is 0. The lowest BCUT2D eigenvalue weighted by molar-refractivity contribution is -0.269. The van der Waals surface area contributed by atoms with Gasteiger partial charge in [0.25, 0.3) is 0 Å². The van der Waals surface area contributed by atoms with E-state index >= 15 is 0 Å². The van der Waals surface area contributed by atoms with E-state index in [0.717, 1.165) is 17.3 Å². The molecule has 2 aliphatic rings. The van der Waals surface area contributed by atoms with E-state index in [1.54, 1.807) is 23.1 Å². The number of carbonyl (C=O) groups excluding carboxylic acids is 1. The second kappa shape index (κ2) is 7.93. The minimum absolute atomic E-state index is 0.0690. The molecule has 10 heteroatoms. The first-order valence-electron chi connectivity index (χ1n) is 9.53. The zero-order valence-electron chi connectivity index (χ0n) is 16.3. The van der Waals surface area contributed by atoms with Crippen molar-refractivity contribution in [2.45, 2.75) is 25.1 Å². The van der Waals surface area contributed by atoms with E-state index in [2.05, 4.69) is 10.8 Å². The third-order valence-corrected chi connectivity index (χ3v) is 5.68. The Bertz CT molecular complexity index is 1050. The van der Waals surface area contributed by atoms with Crippen LogP contribution < -0.4 is 15.7 Å². The zero-order valence-corrected chi connectivity index (χ0v) is 17.8. The molecule has 0 radical (unpaired) electrons. The van der Waals surface area contributed by atoms with Crippen molar-refractivity contribution in [1.29, 1.82) is 0 Å². The quantitative estimate of drug-likeness (QED) is 0.628. The summed E-state index contributed by atoms with van der Waals surface area (Å²) < 4.78 is 42.4. The van der Waals surface area contributed by atoms with Gasteiger partial charge in [-0.25, -0.2) is 4.79 Å². The number of amides is 2. The highest BCUT2D eigenvalue weighted by Gasteiger charge is 2.59. The number of halogens is 5. The number of nitrogens with zero attached hydrogens (tertiary/aromatic N) is 1.